The van der Waals surface area contributed by atoms with Gasteiger partial charge in [-0.05, 0) is 25.0 Å². The number of hydrogen-bond donors (Lipinski definition) is 0. The van der Waals surface area contributed by atoms with Gasteiger partial charge in [-0.3, -0.25) is 0 Å². The van der Waals surface area contributed by atoms with Gasteiger partial charge in [0.25, 0.3) is 0 Å². The summed E-state index contributed by atoms with van der Waals surface area (Å²) in [4.78, 5) is 3.23. The topological polar surface area (TPSA) is 45.9 Å². The standard InChI is InChI=1S/C10H7F3N2O/c11-10(12,13)9-4-3-8(7(5-14)15-9)16-6-1-2-6/h3-4,6H,1-2H2. The SMILES string of the molecule is N#Cc1nc(C(F)(F)F)ccc1OC1CC1. The number of hydrogen-bond acceptors (Lipinski definition) is 3. The largest absolute Gasteiger partial charge is 0.487 e. The molecule has 84 valence electrons. The van der Waals surface area contributed by atoms with Crippen LogP contribution in [-0.4, -0.2) is 11.1 Å². The van der Waals surface area contributed by atoms with Gasteiger partial charge in [0, 0.05) is 0 Å². The van der Waals surface area contributed by atoms with Crippen molar-refractivity contribution >= 4 is 0 Å². The number of rotatable bonds is 2. The maximum Gasteiger partial charge on any atom is 0.433 e. The highest BCUT2D eigenvalue weighted by molar-refractivity contribution is 5.39. The molecule has 3 nitrogen and oxygen atoms in total. The Morgan fingerprint density at radius 1 is 1.38 bits per heavy atom. The van der Waals surface area contributed by atoms with Gasteiger partial charge in [-0.2, -0.15) is 18.4 Å². The highest BCUT2D eigenvalue weighted by atomic mass is 19.4. The Labute approximate surface area is 89.5 Å². The molecule has 0 saturated heterocycles. The van der Waals surface area contributed by atoms with Gasteiger partial charge in [-0.15, -0.1) is 0 Å². The molecule has 0 bridgehead atoms. The zero-order valence-corrected chi connectivity index (χ0v) is 8.08. The summed E-state index contributed by atoms with van der Waals surface area (Å²) in [6.07, 6.45) is -2.78. The molecule has 0 radical (unpaired) electrons. The minimum absolute atomic E-state index is 0.0191. The molecule has 1 aliphatic rings. The van der Waals surface area contributed by atoms with Crippen molar-refractivity contribution in [2.75, 3.05) is 0 Å². The number of ether oxygens (including phenoxy) is 1. The number of alkyl halides is 3. The maximum atomic E-state index is 12.3. The predicted molar refractivity (Wildman–Crippen MR) is 47.6 cm³/mol. The van der Waals surface area contributed by atoms with Crippen LogP contribution in [0.3, 0.4) is 0 Å². The number of aromatic nitrogens is 1. The maximum absolute atomic E-state index is 12.3. The van der Waals surface area contributed by atoms with Crippen LogP contribution >= 0.6 is 0 Å². The molecule has 1 aliphatic carbocycles. The predicted octanol–water partition coefficient (Wildman–Crippen LogP) is 2.51. The molecular formula is C10H7F3N2O. The van der Waals surface area contributed by atoms with Gasteiger partial charge in [0.05, 0.1) is 6.10 Å². The van der Waals surface area contributed by atoms with Crippen LogP contribution in [0.2, 0.25) is 0 Å². The lowest BCUT2D eigenvalue weighted by atomic mass is 10.3. The van der Waals surface area contributed by atoms with Crippen LogP contribution in [0.4, 0.5) is 13.2 Å². The first-order valence-electron chi connectivity index (χ1n) is 4.65. The molecule has 0 N–H and O–H groups in total. The van der Waals surface area contributed by atoms with Gasteiger partial charge in [0.1, 0.15) is 11.8 Å². The van der Waals surface area contributed by atoms with Crippen molar-refractivity contribution in [2.24, 2.45) is 0 Å². The smallest absolute Gasteiger partial charge is 0.433 e. The Balaban J connectivity index is 2.31. The van der Waals surface area contributed by atoms with E-state index in [2.05, 4.69) is 4.98 Å². The van der Waals surface area contributed by atoms with E-state index in [4.69, 9.17) is 10.00 Å². The van der Waals surface area contributed by atoms with Gasteiger partial charge in [0.15, 0.2) is 11.4 Å². The molecule has 2 rings (SSSR count). The van der Waals surface area contributed by atoms with E-state index in [1.165, 1.54) is 0 Å². The Kier molecular flexibility index (Phi) is 2.46. The van der Waals surface area contributed by atoms with Gasteiger partial charge in [0.2, 0.25) is 0 Å². The molecular weight excluding hydrogens is 221 g/mol. The quantitative estimate of drug-likeness (QED) is 0.781. The second-order valence-corrected chi connectivity index (χ2v) is 3.47. The van der Waals surface area contributed by atoms with Crippen molar-refractivity contribution in [1.29, 1.82) is 5.26 Å². The molecule has 0 aliphatic heterocycles. The average molecular weight is 228 g/mol. The van der Waals surface area contributed by atoms with Crippen molar-refractivity contribution in [3.63, 3.8) is 0 Å². The number of halogens is 3. The van der Waals surface area contributed by atoms with Crippen LogP contribution in [0.1, 0.15) is 24.2 Å². The summed E-state index contributed by atoms with van der Waals surface area (Å²) in [6, 6.07) is 3.57. The minimum Gasteiger partial charge on any atom is -0.487 e. The van der Waals surface area contributed by atoms with Gasteiger partial charge < -0.3 is 4.74 Å². The van der Waals surface area contributed by atoms with E-state index in [0.717, 1.165) is 25.0 Å². The number of nitriles is 1. The third-order valence-electron chi connectivity index (χ3n) is 2.07. The normalized spacial score (nSPS) is 15.6. The summed E-state index contributed by atoms with van der Waals surface area (Å²) in [5.41, 5.74) is -1.39. The van der Waals surface area contributed by atoms with E-state index >= 15 is 0 Å². The van der Waals surface area contributed by atoms with Crippen LogP contribution in [0.25, 0.3) is 0 Å². The molecule has 1 heterocycles. The first-order valence-corrected chi connectivity index (χ1v) is 4.65. The molecule has 1 fully saturated rings. The minimum atomic E-state index is -4.54. The summed E-state index contributed by atoms with van der Waals surface area (Å²) in [6.45, 7) is 0. The number of pyridine rings is 1. The second kappa shape index (κ2) is 3.67. The lowest BCUT2D eigenvalue weighted by molar-refractivity contribution is -0.141. The Morgan fingerprint density at radius 3 is 2.56 bits per heavy atom. The van der Waals surface area contributed by atoms with Crippen LogP contribution in [-0.2, 0) is 6.18 Å². The zero-order chi connectivity index (χ0) is 11.8. The second-order valence-electron chi connectivity index (χ2n) is 3.47. The van der Waals surface area contributed by atoms with Crippen molar-refractivity contribution in [3.8, 4) is 11.8 Å². The molecule has 16 heavy (non-hydrogen) atoms. The van der Waals surface area contributed by atoms with E-state index in [9.17, 15) is 13.2 Å². The van der Waals surface area contributed by atoms with E-state index in [-0.39, 0.29) is 17.5 Å². The fourth-order valence-corrected chi connectivity index (χ4v) is 1.14. The van der Waals surface area contributed by atoms with Crippen LogP contribution < -0.4 is 4.74 Å². The number of nitrogens with zero attached hydrogens (tertiary/aromatic N) is 2. The zero-order valence-electron chi connectivity index (χ0n) is 8.08. The summed E-state index contributed by atoms with van der Waals surface area (Å²) < 4.78 is 42.2. The highest BCUT2D eigenvalue weighted by Crippen LogP contribution is 2.32. The van der Waals surface area contributed by atoms with E-state index in [0.29, 0.717) is 0 Å². The molecule has 0 amide bonds. The van der Waals surface area contributed by atoms with Crippen LogP contribution in [0.5, 0.6) is 5.75 Å². The molecule has 0 aromatic carbocycles. The van der Waals surface area contributed by atoms with Gasteiger partial charge >= 0.3 is 6.18 Å². The van der Waals surface area contributed by atoms with E-state index in [1.54, 1.807) is 6.07 Å². The first kappa shape index (κ1) is 10.7. The first-order chi connectivity index (χ1) is 7.50. The molecule has 1 saturated carbocycles. The summed E-state index contributed by atoms with van der Waals surface area (Å²) in [5, 5.41) is 8.68. The molecule has 6 heteroatoms. The van der Waals surface area contributed by atoms with E-state index < -0.39 is 11.9 Å². The summed E-state index contributed by atoms with van der Waals surface area (Å²) in [5.74, 6) is 0.123. The molecule has 0 spiro atoms. The molecule has 0 atom stereocenters. The Hall–Kier alpha value is -1.77. The Morgan fingerprint density at radius 2 is 2.06 bits per heavy atom. The lowest BCUT2D eigenvalue weighted by Crippen LogP contribution is -2.10. The third kappa shape index (κ3) is 2.24. The van der Waals surface area contributed by atoms with Crippen molar-refractivity contribution < 1.29 is 17.9 Å². The monoisotopic (exact) mass is 228 g/mol. The van der Waals surface area contributed by atoms with Gasteiger partial charge in [-0.1, -0.05) is 0 Å². The third-order valence-corrected chi connectivity index (χ3v) is 2.07. The van der Waals surface area contributed by atoms with Crippen molar-refractivity contribution in [2.45, 2.75) is 25.1 Å². The molecule has 1 aromatic rings. The summed E-state index contributed by atoms with van der Waals surface area (Å²) in [7, 11) is 0. The van der Waals surface area contributed by atoms with Gasteiger partial charge in [-0.25, -0.2) is 4.98 Å². The highest BCUT2D eigenvalue weighted by Gasteiger charge is 2.34. The average Bonchev–Trinajstić information content (AvgIpc) is 3.00. The lowest BCUT2D eigenvalue weighted by Gasteiger charge is -2.09. The fourth-order valence-electron chi connectivity index (χ4n) is 1.14. The van der Waals surface area contributed by atoms with Crippen LogP contribution in [0.15, 0.2) is 12.1 Å². The van der Waals surface area contributed by atoms with Crippen molar-refractivity contribution in [1.82, 2.24) is 4.98 Å². The summed E-state index contributed by atoms with van der Waals surface area (Å²) >= 11 is 0. The molecule has 0 unspecified atom stereocenters. The Bertz CT molecular complexity index is 446. The van der Waals surface area contributed by atoms with Crippen LogP contribution in [0, 0.1) is 11.3 Å². The fraction of sp³-hybridized carbons (Fsp3) is 0.400. The van der Waals surface area contributed by atoms with E-state index in [1.807, 2.05) is 0 Å². The molecule has 1 aromatic heterocycles. The van der Waals surface area contributed by atoms with Crippen molar-refractivity contribution in [3.05, 3.63) is 23.5 Å².